The van der Waals surface area contributed by atoms with Gasteiger partial charge in [0.05, 0.1) is 11.3 Å². The van der Waals surface area contributed by atoms with E-state index in [0.717, 1.165) is 27.7 Å². The Bertz CT molecular complexity index is 760. The van der Waals surface area contributed by atoms with Crippen molar-refractivity contribution >= 4 is 10.9 Å². The number of hydrogen-bond donors (Lipinski definition) is 2. The van der Waals surface area contributed by atoms with Crippen LogP contribution in [-0.2, 0) is 0 Å². The Morgan fingerprint density at radius 2 is 1.68 bits per heavy atom. The number of para-hydroxylation sites is 1. The van der Waals surface area contributed by atoms with E-state index >= 15 is 0 Å². The van der Waals surface area contributed by atoms with Crippen molar-refractivity contribution in [2.24, 2.45) is 0 Å². The summed E-state index contributed by atoms with van der Waals surface area (Å²) in [6.07, 6.45) is 0. The maximum Gasteiger partial charge on any atom is 0.104 e. The van der Waals surface area contributed by atoms with Crippen molar-refractivity contribution in [1.82, 2.24) is 4.98 Å². The molecule has 0 bridgehead atoms. The summed E-state index contributed by atoms with van der Waals surface area (Å²) >= 11 is 0. The number of hydrogen-bond acceptors (Lipinski definition) is 1. The Kier molecular flexibility index (Phi) is 3.06. The van der Waals surface area contributed by atoms with Crippen LogP contribution in [-0.4, -0.2) is 16.7 Å². The number of H-pyrrole nitrogens is 1. The summed E-state index contributed by atoms with van der Waals surface area (Å²) in [6.45, 7) is -0.131. The lowest BCUT2D eigenvalue weighted by molar-refractivity contribution is 0.350. The van der Waals surface area contributed by atoms with Gasteiger partial charge in [-0.05, 0) is 11.6 Å². The molecule has 2 aromatic carbocycles. The average Bonchev–Trinajstić information content (AvgIpc) is 2.85. The topological polar surface area (TPSA) is 36.0 Å². The van der Waals surface area contributed by atoms with Gasteiger partial charge in [0.25, 0.3) is 0 Å². The lowest BCUT2D eigenvalue weighted by Crippen LogP contribution is -1.82. The third-order valence-electron chi connectivity index (χ3n) is 3.06. The normalized spacial score (nSPS) is 10.2. The van der Waals surface area contributed by atoms with Gasteiger partial charge in [-0.2, -0.15) is 0 Å². The van der Waals surface area contributed by atoms with Gasteiger partial charge in [0.15, 0.2) is 0 Å². The number of benzene rings is 2. The van der Waals surface area contributed by atoms with Crippen LogP contribution in [0.1, 0.15) is 5.56 Å². The fourth-order valence-electron chi connectivity index (χ4n) is 2.22. The van der Waals surface area contributed by atoms with Crippen LogP contribution in [0.5, 0.6) is 0 Å². The summed E-state index contributed by atoms with van der Waals surface area (Å²) in [4.78, 5) is 3.41. The Hall–Kier alpha value is -2.50. The van der Waals surface area contributed by atoms with Crippen LogP contribution in [0.3, 0.4) is 0 Å². The molecule has 2 N–H and O–H groups in total. The van der Waals surface area contributed by atoms with Crippen LogP contribution in [0.4, 0.5) is 0 Å². The second-order valence-electron chi connectivity index (χ2n) is 4.25. The summed E-state index contributed by atoms with van der Waals surface area (Å²) in [6, 6.07) is 18.2. The SMILES string of the molecule is OCC#Cc1c(-c2ccccc2)[nH]c2ccccc12. The minimum atomic E-state index is -0.131. The highest BCUT2D eigenvalue weighted by atomic mass is 16.2. The van der Waals surface area contributed by atoms with Crippen LogP contribution in [0.2, 0.25) is 0 Å². The predicted octanol–water partition coefficient (Wildman–Crippen LogP) is 3.18. The number of aliphatic hydroxyl groups is 1. The summed E-state index contributed by atoms with van der Waals surface area (Å²) < 4.78 is 0. The molecule has 0 spiro atoms. The number of aromatic amines is 1. The molecule has 92 valence electrons. The maximum absolute atomic E-state index is 8.91. The van der Waals surface area contributed by atoms with E-state index in [9.17, 15) is 0 Å². The first-order valence-electron chi connectivity index (χ1n) is 6.16. The smallest absolute Gasteiger partial charge is 0.104 e. The van der Waals surface area contributed by atoms with Gasteiger partial charge in [-0.25, -0.2) is 0 Å². The summed E-state index contributed by atoms with van der Waals surface area (Å²) in [5.41, 5.74) is 4.10. The second-order valence-corrected chi connectivity index (χ2v) is 4.25. The molecule has 2 nitrogen and oxygen atoms in total. The highest BCUT2D eigenvalue weighted by Crippen LogP contribution is 2.29. The zero-order valence-electron chi connectivity index (χ0n) is 10.4. The van der Waals surface area contributed by atoms with Gasteiger partial charge in [-0.3, -0.25) is 0 Å². The molecule has 0 radical (unpaired) electrons. The highest BCUT2D eigenvalue weighted by molar-refractivity contribution is 5.93. The molecular weight excluding hydrogens is 234 g/mol. The fraction of sp³-hybridized carbons (Fsp3) is 0.0588. The number of aromatic nitrogens is 1. The molecule has 3 aromatic rings. The van der Waals surface area contributed by atoms with Crippen molar-refractivity contribution < 1.29 is 5.11 Å². The van der Waals surface area contributed by atoms with Gasteiger partial charge in [0, 0.05) is 10.9 Å². The zero-order valence-corrected chi connectivity index (χ0v) is 10.4. The standard InChI is InChI=1S/C17H13NO/c19-12-6-10-15-14-9-4-5-11-16(14)18-17(15)13-7-2-1-3-8-13/h1-5,7-9,11,18-19H,12H2. The summed E-state index contributed by atoms with van der Waals surface area (Å²) in [5, 5.41) is 10.0. The number of nitrogens with one attached hydrogen (secondary N) is 1. The van der Waals surface area contributed by atoms with E-state index in [2.05, 4.69) is 29.0 Å². The first-order chi connectivity index (χ1) is 9.40. The van der Waals surface area contributed by atoms with E-state index in [-0.39, 0.29) is 6.61 Å². The minimum Gasteiger partial charge on any atom is -0.384 e. The summed E-state index contributed by atoms with van der Waals surface area (Å²) in [7, 11) is 0. The van der Waals surface area contributed by atoms with Crippen LogP contribution < -0.4 is 0 Å². The van der Waals surface area contributed by atoms with Gasteiger partial charge < -0.3 is 10.1 Å². The van der Waals surface area contributed by atoms with Crippen molar-refractivity contribution in [3.63, 3.8) is 0 Å². The van der Waals surface area contributed by atoms with E-state index in [1.165, 1.54) is 0 Å². The molecule has 0 saturated carbocycles. The maximum atomic E-state index is 8.91. The molecule has 0 amide bonds. The van der Waals surface area contributed by atoms with E-state index < -0.39 is 0 Å². The van der Waals surface area contributed by atoms with Crippen LogP contribution in [0.25, 0.3) is 22.2 Å². The largest absolute Gasteiger partial charge is 0.384 e. The fourth-order valence-corrected chi connectivity index (χ4v) is 2.22. The predicted molar refractivity (Wildman–Crippen MR) is 77.7 cm³/mol. The first kappa shape index (κ1) is 11.6. The van der Waals surface area contributed by atoms with Gasteiger partial charge in [-0.1, -0.05) is 60.4 Å². The lowest BCUT2D eigenvalue weighted by atomic mass is 10.1. The van der Waals surface area contributed by atoms with Gasteiger partial charge >= 0.3 is 0 Å². The molecule has 0 saturated heterocycles. The molecule has 0 fully saturated rings. The molecule has 1 aromatic heterocycles. The number of fused-ring (bicyclic) bond motifs is 1. The molecule has 0 unspecified atom stereocenters. The molecule has 2 heteroatoms. The molecule has 19 heavy (non-hydrogen) atoms. The molecule has 0 aliphatic carbocycles. The highest BCUT2D eigenvalue weighted by Gasteiger charge is 2.10. The second kappa shape index (κ2) is 5.01. The Labute approximate surface area is 111 Å². The van der Waals surface area contributed by atoms with E-state index in [4.69, 9.17) is 5.11 Å². The van der Waals surface area contributed by atoms with Crippen molar-refractivity contribution in [2.75, 3.05) is 6.61 Å². The van der Waals surface area contributed by atoms with Crippen molar-refractivity contribution in [3.05, 3.63) is 60.2 Å². The van der Waals surface area contributed by atoms with Gasteiger partial charge in [0.1, 0.15) is 6.61 Å². The Morgan fingerprint density at radius 3 is 2.47 bits per heavy atom. The third kappa shape index (κ3) is 2.12. The Balaban J connectivity index is 2.29. The molecule has 0 aliphatic heterocycles. The monoisotopic (exact) mass is 247 g/mol. The van der Waals surface area contributed by atoms with Crippen LogP contribution in [0.15, 0.2) is 54.6 Å². The van der Waals surface area contributed by atoms with Gasteiger partial charge in [0.2, 0.25) is 0 Å². The van der Waals surface area contributed by atoms with E-state index in [0.29, 0.717) is 0 Å². The number of aliphatic hydroxyl groups excluding tert-OH is 1. The van der Waals surface area contributed by atoms with Gasteiger partial charge in [-0.15, -0.1) is 0 Å². The van der Waals surface area contributed by atoms with Crippen LogP contribution >= 0.6 is 0 Å². The Morgan fingerprint density at radius 1 is 0.947 bits per heavy atom. The van der Waals surface area contributed by atoms with Crippen LogP contribution in [0, 0.1) is 11.8 Å². The summed E-state index contributed by atoms with van der Waals surface area (Å²) in [5.74, 6) is 5.79. The van der Waals surface area contributed by atoms with E-state index in [1.807, 2.05) is 42.5 Å². The van der Waals surface area contributed by atoms with Crippen molar-refractivity contribution in [2.45, 2.75) is 0 Å². The third-order valence-corrected chi connectivity index (χ3v) is 3.06. The zero-order chi connectivity index (χ0) is 13.1. The molecule has 3 rings (SSSR count). The molecule has 1 heterocycles. The first-order valence-corrected chi connectivity index (χ1v) is 6.16. The molecule has 0 atom stereocenters. The molecule has 0 aliphatic rings. The van der Waals surface area contributed by atoms with E-state index in [1.54, 1.807) is 0 Å². The van der Waals surface area contributed by atoms with Crippen molar-refractivity contribution in [3.8, 4) is 23.1 Å². The van der Waals surface area contributed by atoms with Crippen molar-refractivity contribution in [1.29, 1.82) is 0 Å². The lowest BCUT2D eigenvalue weighted by Gasteiger charge is -1.98. The molecular formula is C17H13NO. The number of rotatable bonds is 1. The minimum absolute atomic E-state index is 0.131. The average molecular weight is 247 g/mol. The quantitative estimate of drug-likeness (QED) is 0.636.